The predicted octanol–water partition coefficient (Wildman–Crippen LogP) is 1.43. The van der Waals surface area contributed by atoms with Gasteiger partial charge in [-0.05, 0) is 30.4 Å². The average Bonchev–Trinajstić information content (AvgIpc) is 2.62. The first-order chi connectivity index (χ1) is 6.68. The molecule has 14 heavy (non-hydrogen) atoms. The van der Waals surface area contributed by atoms with Crippen LogP contribution in [0.5, 0.6) is 0 Å². The molecule has 1 aromatic rings. The summed E-state index contributed by atoms with van der Waals surface area (Å²) in [5.41, 5.74) is 6.92. The minimum atomic E-state index is 0.0723. The van der Waals surface area contributed by atoms with Gasteiger partial charge >= 0.3 is 0 Å². The molecule has 1 aliphatic heterocycles. The first-order valence-corrected chi connectivity index (χ1v) is 5.69. The van der Waals surface area contributed by atoms with Crippen LogP contribution in [0.15, 0.2) is 11.4 Å². The molecule has 4 heteroatoms. The number of nitrogens with two attached hydrogens (primary N) is 1. The minimum absolute atomic E-state index is 0.0723. The lowest BCUT2D eigenvalue weighted by Gasteiger charge is -2.31. The monoisotopic (exact) mass is 209 g/mol. The van der Waals surface area contributed by atoms with Crippen LogP contribution in [-0.2, 0) is 13.0 Å². The first kappa shape index (κ1) is 9.68. The lowest BCUT2D eigenvalue weighted by atomic mass is 10.1. The normalized spacial score (nSPS) is 18.9. The van der Waals surface area contributed by atoms with Crippen LogP contribution in [0.2, 0.25) is 0 Å². The molecule has 1 unspecified atom stereocenters. The van der Waals surface area contributed by atoms with Crippen LogP contribution in [0.3, 0.4) is 0 Å². The van der Waals surface area contributed by atoms with Crippen molar-refractivity contribution in [2.24, 2.45) is 5.73 Å². The number of amidine groups is 1. The van der Waals surface area contributed by atoms with E-state index in [4.69, 9.17) is 11.1 Å². The zero-order chi connectivity index (χ0) is 10.1. The highest BCUT2D eigenvalue weighted by molar-refractivity contribution is 7.10. The van der Waals surface area contributed by atoms with Crippen LogP contribution in [0.4, 0.5) is 0 Å². The van der Waals surface area contributed by atoms with Crippen molar-refractivity contribution in [1.29, 1.82) is 5.41 Å². The van der Waals surface area contributed by atoms with Gasteiger partial charge in [0.05, 0.1) is 6.04 Å². The van der Waals surface area contributed by atoms with Crippen LogP contribution in [0, 0.1) is 5.41 Å². The van der Waals surface area contributed by atoms with E-state index < -0.39 is 0 Å². The van der Waals surface area contributed by atoms with Crippen LogP contribution >= 0.6 is 11.3 Å². The second-order valence-electron chi connectivity index (χ2n) is 3.72. The highest BCUT2D eigenvalue weighted by atomic mass is 32.1. The Hall–Kier alpha value is -0.870. The lowest BCUT2D eigenvalue weighted by Crippen LogP contribution is -2.44. The summed E-state index contributed by atoms with van der Waals surface area (Å²) in [7, 11) is 0. The largest absolute Gasteiger partial charge is 0.386 e. The van der Waals surface area contributed by atoms with Crippen LogP contribution in [0.1, 0.15) is 17.4 Å². The quantitative estimate of drug-likeness (QED) is 0.572. The smallest absolute Gasteiger partial charge is 0.108 e. The molecule has 3 N–H and O–H groups in total. The van der Waals surface area contributed by atoms with Gasteiger partial charge in [-0.15, -0.1) is 11.3 Å². The fourth-order valence-corrected chi connectivity index (χ4v) is 2.69. The summed E-state index contributed by atoms with van der Waals surface area (Å²) in [4.78, 5) is 3.76. The molecular formula is C10H15N3S. The Kier molecular flexibility index (Phi) is 2.56. The van der Waals surface area contributed by atoms with Gasteiger partial charge in [0.25, 0.3) is 0 Å². The van der Waals surface area contributed by atoms with Crippen molar-refractivity contribution in [2.45, 2.75) is 25.9 Å². The molecule has 0 fully saturated rings. The van der Waals surface area contributed by atoms with Crippen molar-refractivity contribution < 1.29 is 0 Å². The van der Waals surface area contributed by atoms with Gasteiger partial charge in [-0.25, -0.2) is 0 Å². The van der Waals surface area contributed by atoms with E-state index in [2.05, 4.69) is 16.3 Å². The van der Waals surface area contributed by atoms with Crippen molar-refractivity contribution >= 4 is 17.2 Å². The summed E-state index contributed by atoms with van der Waals surface area (Å²) in [6, 6.07) is 2.25. The number of thiophene rings is 1. The number of fused-ring (bicyclic) bond motifs is 1. The van der Waals surface area contributed by atoms with E-state index in [0.29, 0.717) is 0 Å². The van der Waals surface area contributed by atoms with Crippen molar-refractivity contribution in [1.82, 2.24) is 4.90 Å². The molecule has 0 radical (unpaired) electrons. The second-order valence-corrected chi connectivity index (χ2v) is 4.72. The van der Waals surface area contributed by atoms with E-state index >= 15 is 0 Å². The third-order valence-corrected chi connectivity index (χ3v) is 3.86. The van der Waals surface area contributed by atoms with Crippen molar-refractivity contribution in [3.05, 3.63) is 21.9 Å². The van der Waals surface area contributed by atoms with Crippen molar-refractivity contribution in [2.75, 3.05) is 6.54 Å². The number of rotatable bonds is 2. The molecular weight excluding hydrogens is 194 g/mol. The van der Waals surface area contributed by atoms with Crippen LogP contribution in [-0.4, -0.2) is 23.3 Å². The summed E-state index contributed by atoms with van der Waals surface area (Å²) in [6.45, 7) is 3.97. The fraction of sp³-hybridized carbons (Fsp3) is 0.500. The van der Waals surface area contributed by atoms with Gasteiger partial charge in [0.1, 0.15) is 5.84 Å². The molecule has 0 amide bonds. The lowest BCUT2D eigenvalue weighted by molar-refractivity contribution is 0.234. The molecule has 0 saturated carbocycles. The fourth-order valence-electron chi connectivity index (χ4n) is 1.80. The Bertz CT molecular complexity index is 345. The van der Waals surface area contributed by atoms with Crippen molar-refractivity contribution in [3.8, 4) is 0 Å². The number of nitrogens with zero attached hydrogens (tertiary/aromatic N) is 1. The van der Waals surface area contributed by atoms with Gasteiger partial charge in [0, 0.05) is 18.0 Å². The molecule has 1 aliphatic rings. The highest BCUT2D eigenvalue weighted by Gasteiger charge is 2.22. The molecule has 0 aromatic carbocycles. The SMILES string of the molecule is CC(C(=N)N)N1CCc2sccc2C1. The van der Waals surface area contributed by atoms with E-state index in [0.717, 1.165) is 19.5 Å². The Morgan fingerprint density at radius 1 is 1.71 bits per heavy atom. The Balaban J connectivity index is 2.11. The third kappa shape index (κ3) is 1.67. The van der Waals surface area contributed by atoms with Gasteiger partial charge in [-0.2, -0.15) is 0 Å². The molecule has 3 nitrogen and oxygen atoms in total. The molecule has 2 rings (SSSR count). The average molecular weight is 209 g/mol. The number of nitrogens with one attached hydrogen (secondary N) is 1. The summed E-state index contributed by atoms with van der Waals surface area (Å²) in [5.74, 6) is 0.267. The summed E-state index contributed by atoms with van der Waals surface area (Å²) in [6.07, 6.45) is 1.10. The van der Waals surface area contributed by atoms with Crippen LogP contribution in [0.25, 0.3) is 0 Å². The summed E-state index contributed by atoms with van der Waals surface area (Å²) in [5, 5.41) is 9.57. The van der Waals surface area contributed by atoms with Gasteiger partial charge in [-0.3, -0.25) is 10.3 Å². The van der Waals surface area contributed by atoms with Gasteiger partial charge in [0.2, 0.25) is 0 Å². The molecule has 0 saturated heterocycles. The Labute approximate surface area is 88.0 Å². The minimum Gasteiger partial charge on any atom is -0.386 e. The predicted molar refractivity (Wildman–Crippen MR) is 59.8 cm³/mol. The second kappa shape index (κ2) is 3.71. The van der Waals surface area contributed by atoms with E-state index in [1.807, 2.05) is 18.3 Å². The maximum Gasteiger partial charge on any atom is 0.108 e. The van der Waals surface area contributed by atoms with Crippen LogP contribution < -0.4 is 5.73 Å². The first-order valence-electron chi connectivity index (χ1n) is 4.81. The Morgan fingerprint density at radius 3 is 3.21 bits per heavy atom. The zero-order valence-corrected chi connectivity index (χ0v) is 9.10. The summed E-state index contributed by atoms with van der Waals surface area (Å²) < 4.78 is 0. The van der Waals surface area contributed by atoms with Gasteiger partial charge < -0.3 is 5.73 Å². The zero-order valence-electron chi connectivity index (χ0n) is 8.29. The van der Waals surface area contributed by atoms with Crippen molar-refractivity contribution in [3.63, 3.8) is 0 Å². The Morgan fingerprint density at radius 2 is 2.50 bits per heavy atom. The molecule has 1 atom stereocenters. The molecule has 76 valence electrons. The van der Waals surface area contributed by atoms with E-state index in [9.17, 15) is 0 Å². The molecule has 0 spiro atoms. The molecule has 2 heterocycles. The standard InChI is InChI=1S/C10H15N3S/c1-7(10(11)12)13-4-2-9-8(6-13)3-5-14-9/h3,5,7H,2,4,6H2,1H3,(H3,11,12). The number of hydrogen-bond acceptors (Lipinski definition) is 3. The van der Waals surface area contributed by atoms with E-state index in [1.54, 1.807) is 0 Å². The molecule has 0 aliphatic carbocycles. The van der Waals surface area contributed by atoms with Gasteiger partial charge in [-0.1, -0.05) is 0 Å². The molecule has 0 bridgehead atoms. The highest BCUT2D eigenvalue weighted by Crippen LogP contribution is 2.24. The maximum absolute atomic E-state index is 7.42. The van der Waals surface area contributed by atoms with Gasteiger partial charge in [0.15, 0.2) is 0 Å². The third-order valence-electron chi connectivity index (χ3n) is 2.84. The summed E-state index contributed by atoms with van der Waals surface area (Å²) >= 11 is 1.84. The maximum atomic E-state index is 7.42. The molecule has 1 aromatic heterocycles. The number of hydrogen-bond donors (Lipinski definition) is 2. The van der Waals surface area contributed by atoms with E-state index in [-0.39, 0.29) is 11.9 Å². The van der Waals surface area contributed by atoms with E-state index in [1.165, 1.54) is 10.4 Å². The topological polar surface area (TPSA) is 53.1 Å².